The van der Waals surface area contributed by atoms with E-state index in [4.69, 9.17) is 9.79 Å². The van der Waals surface area contributed by atoms with Crippen LogP contribution in [0.4, 0.5) is 13.2 Å². The first kappa shape index (κ1) is 25.8. The van der Waals surface area contributed by atoms with E-state index in [0.29, 0.717) is 11.4 Å². The molecule has 0 saturated carbocycles. The molecule has 112 valence electrons. The molecule has 0 saturated heterocycles. The summed E-state index contributed by atoms with van der Waals surface area (Å²) < 4.78 is 45.6. The van der Waals surface area contributed by atoms with Gasteiger partial charge in [0.15, 0.2) is 0 Å². The standard InChI is InChI=1S/C7H14F3N2O4PS.2Li.2H/c8-7(9,10)5-6(13)12-2-1-11-3-4-18-17(14,15)16;;;;/h11H,1-5H2,(H,12,13)(H2,14,15,16);;;;/q;2*+1;2*-1. The molecule has 20 heavy (non-hydrogen) atoms. The predicted octanol–water partition coefficient (Wildman–Crippen LogP) is -5.30. The van der Waals surface area contributed by atoms with E-state index < -0.39 is 25.3 Å². The van der Waals surface area contributed by atoms with E-state index in [1.165, 1.54) is 0 Å². The maximum atomic E-state index is 11.7. The fraction of sp³-hybridized carbons (Fsp3) is 0.857. The van der Waals surface area contributed by atoms with E-state index in [2.05, 4.69) is 10.6 Å². The molecule has 0 spiro atoms. The number of carbonyl (C=O) groups is 1. The van der Waals surface area contributed by atoms with E-state index in [9.17, 15) is 22.5 Å². The third-order valence-corrected chi connectivity index (χ3v) is 3.80. The van der Waals surface area contributed by atoms with Gasteiger partial charge in [0.05, 0.1) is 0 Å². The van der Waals surface area contributed by atoms with Gasteiger partial charge in [-0.15, -0.1) is 0 Å². The summed E-state index contributed by atoms with van der Waals surface area (Å²) in [6.07, 6.45) is -6.03. The van der Waals surface area contributed by atoms with Gasteiger partial charge >= 0.3 is 50.7 Å². The maximum Gasteiger partial charge on any atom is 1.00 e. The SMILES string of the molecule is O=C(CC(F)(F)F)NCCNCCSP(=O)(O)O.[H-].[H-].[Li+].[Li+]. The third kappa shape index (κ3) is 21.2. The Morgan fingerprint density at radius 2 is 1.75 bits per heavy atom. The second-order valence-corrected chi connectivity index (χ2v) is 7.06. The Morgan fingerprint density at radius 1 is 1.20 bits per heavy atom. The third-order valence-electron chi connectivity index (χ3n) is 1.52. The van der Waals surface area contributed by atoms with Gasteiger partial charge in [0.2, 0.25) is 5.91 Å². The molecule has 1 amide bonds. The number of amides is 1. The van der Waals surface area contributed by atoms with Gasteiger partial charge in [0.25, 0.3) is 0 Å². The van der Waals surface area contributed by atoms with Crippen molar-refractivity contribution in [2.75, 3.05) is 25.4 Å². The van der Waals surface area contributed by atoms with Crippen molar-refractivity contribution in [3.63, 3.8) is 0 Å². The summed E-state index contributed by atoms with van der Waals surface area (Å²) in [4.78, 5) is 27.7. The van der Waals surface area contributed by atoms with Gasteiger partial charge in [0, 0.05) is 25.4 Å². The van der Waals surface area contributed by atoms with Crippen LogP contribution < -0.4 is 48.4 Å². The summed E-state index contributed by atoms with van der Waals surface area (Å²) >= 11 is 0.474. The number of carbonyl (C=O) groups excluding carboxylic acids is 1. The van der Waals surface area contributed by atoms with Crippen molar-refractivity contribution in [1.82, 2.24) is 10.6 Å². The van der Waals surface area contributed by atoms with Crippen molar-refractivity contribution in [3.8, 4) is 0 Å². The predicted molar refractivity (Wildman–Crippen MR) is 63.3 cm³/mol. The fourth-order valence-electron chi connectivity index (χ4n) is 0.897. The smallest absolute Gasteiger partial charge is 1.00 e. The molecule has 0 heterocycles. The summed E-state index contributed by atoms with van der Waals surface area (Å²) in [6.45, 7) is -3.55. The minimum absolute atomic E-state index is 0. The zero-order chi connectivity index (χ0) is 14.2. The summed E-state index contributed by atoms with van der Waals surface area (Å²) in [5, 5.41) is 4.78. The second kappa shape index (κ2) is 12.5. The second-order valence-electron chi connectivity index (χ2n) is 3.22. The molecule has 0 radical (unpaired) electrons. The molecule has 0 aliphatic rings. The summed E-state index contributed by atoms with van der Waals surface area (Å²) in [7, 11) is 0. The minimum atomic E-state index is -4.52. The normalized spacial score (nSPS) is 11.2. The van der Waals surface area contributed by atoms with Crippen LogP contribution in [0.2, 0.25) is 0 Å². The van der Waals surface area contributed by atoms with Gasteiger partial charge in [-0.1, -0.05) is 0 Å². The van der Waals surface area contributed by atoms with Crippen molar-refractivity contribution < 1.29 is 72.9 Å². The molecule has 0 aliphatic heterocycles. The zero-order valence-corrected chi connectivity index (χ0v) is 12.9. The summed E-state index contributed by atoms with van der Waals surface area (Å²) in [5.41, 5.74) is 0. The topological polar surface area (TPSA) is 98.7 Å². The van der Waals surface area contributed by atoms with E-state index >= 15 is 0 Å². The van der Waals surface area contributed by atoms with Crippen LogP contribution in [0.25, 0.3) is 0 Å². The molecule has 13 heteroatoms. The van der Waals surface area contributed by atoms with Crippen LogP contribution in [0.5, 0.6) is 0 Å². The van der Waals surface area contributed by atoms with Crippen LogP contribution in [0.15, 0.2) is 0 Å². The van der Waals surface area contributed by atoms with E-state index in [1.807, 2.05) is 0 Å². The minimum Gasteiger partial charge on any atom is -1.00 e. The van der Waals surface area contributed by atoms with Crippen molar-refractivity contribution >= 4 is 24.1 Å². The molecule has 0 aromatic carbocycles. The van der Waals surface area contributed by atoms with Gasteiger partial charge in [-0.3, -0.25) is 4.79 Å². The van der Waals surface area contributed by atoms with Crippen LogP contribution in [0.3, 0.4) is 0 Å². The quantitative estimate of drug-likeness (QED) is 0.202. The Bertz CT molecular complexity index is 329. The van der Waals surface area contributed by atoms with Crippen molar-refractivity contribution in [1.29, 1.82) is 0 Å². The molecule has 4 N–H and O–H groups in total. The monoisotopic (exact) mass is 326 g/mol. The average Bonchev–Trinajstić information content (AvgIpc) is 2.11. The first-order valence-corrected chi connectivity index (χ1v) is 8.05. The van der Waals surface area contributed by atoms with Crippen LogP contribution in [-0.4, -0.2) is 47.3 Å². The molecule has 6 nitrogen and oxygen atoms in total. The molecule has 0 rings (SSSR count). The van der Waals surface area contributed by atoms with Crippen molar-refractivity contribution in [2.24, 2.45) is 0 Å². The van der Waals surface area contributed by atoms with E-state index in [-0.39, 0.29) is 66.0 Å². The average molecular weight is 326 g/mol. The Balaban J connectivity index is -0.000000241. The fourth-order valence-corrected chi connectivity index (χ4v) is 2.36. The first-order chi connectivity index (χ1) is 8.10. The molecule has 0 fully saturated rings. The van der Waals surface area contributed by atoms with Crippen LogP contribution in [-0.2, 0) is 9.36 Å². The Morgan fingerprint density at radius 3 is 2.20 bits per heavy atom. The first-order valence-electron chi connectivity index (χ1n) is 4.84. The van der Waals surface area contributed by atoms with Crippen LogP contribution in [0.1, 0.15) is 9.27 Å². The molecule has 0 aromatic rings. The maximum absolute atomic E-state index is 11.7. The number of halogens is 3. The van der Waals surface area contributed by atoms with E-state index in [1.54, 1.807) is 0 Å². The number of hydrogen-bond acceptors (Lipinski definition) is 4. The Labute approximate surface area is 145 Å². The van der Waals surface area contributed by atoms with Crippen LogP contribution in [0, 0.1) is 0 Å². The van der Waals surface area contributed by atoms with Crippen molar-refractivity contribution in [2.45, 2.75) is 12.6 Å². The van der Waals surface area contributed by atoms with Crippen molar-refractivity contribution in [3.05, 3.63) is 0 Å². The number of hydrogen-bond donors (Lipinski definition) is 4. The van der Waals surface area contributed by atoms with Gasteiger partial charge in [-0.2, -0.15) is 13.2 Å². The number of rotatable bonds is 8. The Kier molecular flexibility index (Phi) is 16.1. The number of alkyl halides is 3. The van der Waals surface area contributed by atoms with Gasteiger partial charge in [-0.25, -0.2) is 4.57 Å². The summed E-state index contributed by atoms with van der Waals surface area (Å²) in [5.74, 6) is -0.935. The molecule has 0 bridgehead atoms. The van der Waals surface area contributed by atoms with Gasteiger partial charge in [0.1, 0.15) is 6.42 Å². The summed E-state index contributed by atoms with van der Waals surface area (Å²) in [6, 6.07) is 0. The van der Waals surface area contributed by atoms with Crippen LogP contribution >= 0.6 is 18.2 Å². The Hall–Kier alpha value is 0.915. The van der Waals surface area contributed by atoms with Gasteiger partial charge < -0.3 is 23.3 Å². The molecular weight excluding hydrogens is 310 g/mol. The molecule has 0 aliphatic carbocycles. The molecule has 0 aromatic heterocycles. The zero-order valence-electron chi connectivity index (χ0n) is 13.2. The number of nitrogens with one attached hydrogen (secondary N) is 2. The largest absolute Gasteiger partial charge is 1.00 e. The molecule has 0 atom stereocenters. The van der Waals surface area contributed by atoms with Gasteiger partial charge in [-0.05, 0) is 11.4 Å². The molecular formula is C7H16F3Li2N2O4PS. The molecule has 0 unspecified atom stereocenters. The van der Waals surface area contributed by atoms with E-state index in [0.717, 1.165) is 0 Å².